The number of carbonyl (C=O) groups is 4. The fourth-order valence-electron chi connectivity index (χ4n) is 11.0. The van der Waals surface area contributed by atoms with Crippen molar-refractivity contribution in [3.8, 4) is 5.75 Å². The van der Waals surface area contributed by atoms with Crippen molar-refractivity contribution in [3.63, 3.8) is 0 Å². The zero-order valence-electron chi connectivity index (χ0n) is 44.1. The lowest BCUT2D eigenvalue weighted by atomic mass is 9.78. The van der Waals surface area contributed by atoms with Gasteiger partial charge in [0, 0.05) is 56.4 Å². The smallest absolute Gasteiger partial charge is 0.387 e. The summed E-state index contributed by atoms with van der Waals surface area (Å²) < 4.78 is 54.9. The highest BCUT2D eigenvalue weighted by atomic mass is 19.3. The summed E-state index contributed by atoms with van der Waals surface area (Å²) in [7, 11) is 2.97. The number of aliphatic hydroxyl groups excluding tert-OH is 2. The zero-order valence-corrected chi connectivity index (χ0v) is 44.1. The number of alkyl halides is 2. The maximum atomic E-state index is 14.5. The number of fused-ring (bicyclic) bond motifs is 3. The molecule has 1 aromatic carbocycles. The van der Waals surface area contributed by atoms with Crippen LogP contribution < -0.4 is 15.8 Å². The highest BCUT2D eigenvalue weighted by Crippen LogP contribution is 2.38. The van der Waals surface area contributed by atoms with Crippen LogP contribution in [0, 0.1) is 29.6 Å². The number of benzene rings is 1. The number of aliphatic hydroxyl groups is 3. The van der Waals surface area contributed by atoms with E-state index in [1.165, 1.54) is 24.1 Å². The van der Waals surface area contributed by atoms with Crippen molar-refractivity contribution >= 4 is 29.1 Å². The van der Waals surface area contributed by atoms with Crippen molar-refractivity contribution in [2.45, 2.75) is 192 Å². The first-order valence-electron chi connectivity index (χ1n) is 26.3. The van der Waals surface area contributed by atoms with Crippen LogP contribution in [0.3, 0.4) is 0 Å². The van der Waals surface area contributed by atoms with Crippen LogP contribution in [-0.2, 0) is 38.1 Å². The largest absolute Gasteiger partial charge is 0.461 e. The molecule has 6 N–H and O–H groups in total. The number of allylic oxidation sites excluding steroid dienone is 5. The zero-order chi connectivity index (χ0) is 53.6. The minimum atomic E-state index is -3.03. The van der Waals surface area contributed by atoms with Gasteiger partial charge in [0.2, 0.25) is 5.79 Å². The van der Waals surface area contributed by atoms with E-state index in [1.807, 2.05) is 58.1 Å². The van der Waals surface area contributed by atoms with Gasteiger partial charge in [-0.25, -0.2) is 4.79 Å². The third kappa shape index (κ3) is 16.6. The first-order chi connectivity index (χ1) is 34.6. The summed E-state index contributed by atoms with van der Waals surface area (Å²) in [4.78, 5) is 58.4. The molecule has 1 aliphatic carbocycles. The molecule has 15 atom stereocenters. The first-order valence-corrected chi connectivity index (χ1v) is 26.3. The van der Waals surface area contributed by atoms with E-state index in [1.54, 1.807) is 39.2 Å². The summed E-state index contributed by atoms with van der Waals surface area (Å²) >= 11 is 0. The Kier molecular flexibility index (Phi) is 22.8. The van der Waals surface area contributed by atoms with Crippen LogP contribution in [0.1, 0.15) is 125 Å². The number of carbonyl (C=O) groups excluding carboxylic acids is 4. The number of hydrogen-bond acceptors (Lipinski definition) is 14. The topological polar surface area (TPSA) is 216 Å². The van der Waals surface area contributed by atoms with E-state index in [0.29, 0.717) is 75.5 Å². The summed E-state index contributed by atoms with van der Waals surface area (Å²) in [6, 6.07) is 3.88. The molecule has 0 radical (unpaired) electrons. The number of amides is 1. The summed E-state index contributed by atoms with van der Waals surface area (Å²) in [5.41, 5.74) is 8.41. The van der Waals surface area contributed by atoms with Crippen molar-refractivity contribution in [1.82, 2.24) is 4.90 Å². The average Bonchev–Trinajstić information content (AvgIpc) is 3.35. The third-order valence-corrected chi connectivity index (χ3v) is 15.5. The second-order valence-corrected chi connectivity index (χ2v) is 21.3. The number of ketones is 2. The molecule has 0 spiro atoms. The van der Waals surface area contributed by atoms with E-state index in [9.17, 15) is 43.3 Å². The Morgan fingerprint density at radius 2 is 1.66 bits per heavy atom. The van der Waals surface area contributed by atoms with E-state index < -0.39 is 90.5 Å². The molecule has 1 saturated carbocycles. The van der Waals surface area contributed by atoms with Crippen LogP contribution in [0.2, 0.25) is 0 Å². The van der Waals surface area contributed by atoms with Gasteiger partial charge in [-0.15, -0.1) is 0 Å². The molecule has 3 aliphatic heterocycles. The fourth-order valence-corrected chi connectivity index (χ4v) is 11.0. The molecule has 15 nitrogen and oxygen atoms in total. The monoisotopic (exact) mass is 1030 g/mol. The van der Waals surface area contributed by atoms with Gasteiger partial charge in [0.1, 0.15) is 30.1 Å². The fraction of sp³-hybridized carbons (Fsp3) is 0.679. The SMILES string of the molecule is CO[C@@H]1CC(C[C@@H](C)[C@@H]2CC[C@H](N)/C=C(\C)[C@@H](O)[C@@H](OC)C(=O)[C@H](C)C[C@H](C)/C=C/C=C/C=C(\C)[C@@H](Nc3cccc(OC(F)F)c3)CC3CCC(C)[C@@](O)(O3)C(=O)C(=O)N3CCCCC3C(=O)O2)CC[C@H]1O. The number of halogens is 2. The van der Waals surface area contributed by atoms with Gasteiger partial charge in [0.15, 0.2) is 5.78 Å². The molecular formula is C56H83F2N3O12. The molecule has 2 bridgehead atoms. The predicted octanol–water partition coefficient (Wildman–Crippen LogP) is 7.76. The Morgan fingerprint density at radius 1 is 0.904 bits per heavy atom. The standard InChI is InChI=1S/C56H83F2N3O12/c1-33-15-10-9-11-16-34(2)44(60-41-17-14-18-42(31-41)71-55(57)58)32-43-23-20-38(6)56(68,73-43)52(65)53(66)61-26-13-12-19-45(61)54(67)72-47(35(3)28-39-21-24-46(62)48(30-39)69-7)25-22-40(59)29-37(5)50(64)51(70-8)49(63)36(4)27-33/h9-11,14-18,29,31,33,35-36,38-40,43-48,50-51,55,60,62,64,68H,12-13,19-28,30,32,59H2,1-8H3/b11-9+,15-10+,34-16+,37-29+/t33-,35-,36-,38?,39?,40+,43?,44+,45?,46-,47+,48-,50-,51+,56-/m1/s1. The summed E-state index contributed by atoms with van der Waals surface area (Å²) in [5.74, 6) is -7.03. The van der Waals surface area contributed by atoms with Gasteiger partial charge in [-0.2, -0.15) is 8.78 Å². The number of methoxy groups -OCH3 is 2. The van der Waals surface area contributed by atoms with E-state index in [0.717, 1.165) is 12.0 Å². The lowest BCUT2D eigenvalue weighted by Gasteiger charge is -2.43. The quantitative estimate of drug-likeness (QED) is 0.0908. The number of anilines is 1. The molecule has 5 rings (SSSR count). The number of nitrogens with zero attached hydrogens (tertiary/aromatic N) is 1. The number of hydrogen-bond donors (Lipinski definition) is 5. The maximum absolute atomic E-state index is 14.5. The van der Waals surface area contributed by atoms with Gasteiger partial charge in [-0.05, 0) is 133 Å². The summed E-state index contributed by atoms with van der Waals surface area (Å²) in [6.45, 7) is 8.05. The number of piperidine rings is 1. The molecule has 408 valence electrons. The van der Waals surface area contributed by atoms with Crippen LogP contribution in [-0.4, -0.2) is 132 Å². The van der Waals surface area contributed by atoms with Gasteiger partial charge >= 0.3 is 12.6 Å². The summed E-state index contributed by atoms with van der Waals surface area (Å²) in [5, 5.41) is 37.6. The molecule has 4 aliphatic rings. The van der Waals surface area contributed by atoms with E-state index in [-0.39, 0.29) is 54.8 Å². The second kappa shape index (κ2) is 28.0. The first kappa shape index (κ1) is 59.5. The third-order valence-electron chi connectivity index (χ3n) is 15.5. The van der Waals surface area contributed by atoms with Crippen molar-refractivity contribution in [1.29, 1.82) is 0 Å². The van der Waals surface area contributed by atoms with Gasteiger partial charge in [-0.1, -0.05) is 75.8 Å². The Bertz CT molecular complexity index is 2120. The molecule has 3 heterocycles. The normalized spacial score (nSPS) is 37.2. The molecule has 1 amide bonds. The molecule has 2 saturated heterocycles. The maximum Gasteiger partial charge on any atom is 0.387 e. The van der Waals surface area contributed by atoms with Crippen LogP contribution in [0.25, 0.3) is 0 Å². The second-order valence-electron chi connectivity index (χ2n) is 21.3. The Labute approximate surface area is 430 Å². The lowest BCUT2D eigenvalue weighted by molar-refractivity contribution is -0.263. The molecule has 1 aromatic rings. The number of nitrogens with two attached hydrogens (primary N) is 1. The van der Waals surface area contributed by atoms with Crippen molar-refractivity contribution in [2.24, 2.45) is 35.3 Å². The minimum Gasteiger partial charge on any atom is -0.461 e. The van der Waals surface area contributed by atoms with Crippen LogP contribution in [0.4, 0.5) is 14.5 Å². The molecule has 0 aromatic heterocycles. The van der Waals surface area contributed by atoms with Crippen LogP contribution in [0.5, 0.6) is 5.75 Å². The number of rotatable bonds is 9. The molecular weight excluding hydrogens is 945 g/mol. The van der Waals surface area contributed by atoms with Gasteiger partial charge in [0.25, 0.3) is 11.7 Å². The van der Waals surface area contributed by atoms with E-state index >= 15 is 0 Å². The Morgan fingerprint density at radius 3 is 2.37 bits per heavy atom. The predicted molar refractivity (Wildman–Crippen MR) is 273 cm³/mol. The van der Waals surface area contributed by atoms with E-state index in [4.69, 9.17) is 24.7 Å². The Hall–Kier alpha value is -4.36. The van der Waals surface area contributed by atoms with Crippen molar-refractivity contribution in [3.05, 3.63) is 71.9 Å². The number of nitrogens with one attached hydrogen (secondary N) is 1. The summed E-state index contributed by atoms with van der Waals surface area (Å²) in [6.07, 6.45) is 12.4. The Balaban J connectivity index is 1.49. The lowest BCUT2D eigenvalue weighted by Crippen LogP contribution is -2.61. The number of Topliss-reactive ketones (excluding diaryl/α,β-unsaturated/α-hetero) is 2. The molecule has 73 heavy (non-hydrogen) atoms. The minimum absolute atomic E-state index is 0.0305. The van der Waals surface area contributed by atoms with Crippen molar-refractivity contribution < 1.29 is 67.0 Å². The molecule has 4 unspecified atom stereocenters. The van der Waals surface area contributed by atoms with Gasteiger partial charge in [-0.3, -0.25) is 14.4 Å². The number of ether oxygens (including phenoxy) is 5. The highest BCUT2D eigenvalue weighted by Gasteiger charge is 2.53. The number of cyclic esters (lactones) is 1. The van der Waals surface area contributed by atoms with Gasteiger partial charge < -0.3 is 55.0 Å². The van der Waals surface area contributed by atoms with Crippen LogP contribution >= 0.6 is 0 Å². The highest BCUT2D eigenvalue weighted by molar-refractivity contribution is 6.39. The van der Waals surface area contributed by atoms with Gasteiger partial charge in [0.05, 0.1) is 18.3 Å². The number of esters is 1. The molecule has 17 heteroatoms. The van der Waals surface area contributed by atoms with Crippen LogP contribution in [0.15, 0.2) is 71.9 Å². The van der Waals surface area contributed by atoms with Crippen molar-refractivity contribution in [2.75, 3.05) is 26.1 Å². The van der Waals surface area contributed by atoms with E-state index in [2.05, 4.69) is 10.1 Å². The molecule has 3 fully saturated rings. The average molecular weight is 1030 g/mol.